The molecule has 2 heterocycles. The van der Waals surface area contributed by atoms with Crippen molar-refractivity contribution in [3.8, 4) is 16.9 Å². The van der Waals surface area contributed by atoms with Crippen LogP contribution in [0.2, 0.25) is 0 Å². The number of benzene rings is 1. The molecule has 3 rings (SSSR count). The van der Waals surface area contributed by atoms with Gasteiger partial charge >= 0.3 is 11.1 Å². The minimum absolute atomic E-state index is 0.0106. The van der Waals surface area contributed by atoms with Crippen molar-refractivity contribution in [2.75, 3.05) is 18.9 Å². The first-order chi connectivity index (χ1) is 18.8. The molecule has 3 aromatic rings. The Bertz CT molecular complexity index is 1590. The summed E-state index contributed by atoms with van der Waals surface area (Å²) in [4.78, 5) is 14.9. The number of rotatable bonds is 14. The molecule has 40 heavy (non-hydrogen) atoms. The van der Waals surface area contributed by atoms with Gasteiger partial charge in [0.15, 0.2) is 15.4 Å². The van der Waals surface area contributed by atoms with E-state index in [1.807, 2.05) is 0 Å². The SMILES string of the molecule is NCC(N)S(=O)(=O)CCCCCCCCOc1cccc(-c2cc3c(S(=O)(=O)C(F)(F)F)cncc3oc2=O)c1. The highest BCUT2D eigenvalue weighted by Gasteiger charge is 2.48. The fraction of sp³-hybridized carbons (Fsp3) is 0.440. The lowest BCUT2D eigenvalue weighted by Gasteiger charge is -2.11. The van der Waals surface area contributed by atoms with Crippen molar-refractivity contribution in [3.63, 3.8) is 0 Å². The van der Waals surface area contributed by atoms with E-state index < -0.39 is 52.0 Å². The number of aromatic nitrogens is 1. The molecular formula is C25H30F3N3O7S2. The third kappa shape index (κ3) is 7.59. The van der Waals surface area contributed by atoms with Gasteiger partial charge in [0.25, 0.3) is 9.84 Å². The molecule has 0 saturated carbocycles. The van der Waals surface area contributed by atoms with E-state index in [-0.39, 0.29) is 23.4 Å². The van der Waals surface area contributed by atoms with E-state index >= 15 is 0 Å². The second kappa shape index (κ2) is 13.1. The predicted molar refractivity (Wildman–Crippen MR) is 143 cm³/mol. The molecule has 0 amide bonds. The highest BCUT2D eigenvalue weighted by Crippen LogP contribution is 2.35. The van der Waals surface area contributed by atoms with Crippen LogP contribution in [0.4, 0.5) is 13.2 Å². The van der Waals surface area contributed by atoms with Gasteiger partial charge in [-0.15, -0.1) is 0 Å². The number of nitrogens with zero attached hydrogens (tertiary/aromatic N) is 1. The van der Waals surface area contributed by atoms with Crippen molar-refractivity contribution >= 4 is 30.6 Å². The summed E-state index contributed by atoms with van der Waals surface area (Å²) in [5.41, 5.74) is 4.08. The van der Waals surface area contributed by atoms with Crippen LogP contribution in [0.1, 0.15) is 38.5 Å². The van der Waals surface area contributed by atoms with E-state index in [0.717, 1.165) is 37.9 Å². The fourth-order valence-corrected chi connectivity index (χ4v) is 6.01. The summed E-state index contributed by atoms with van der Waals surface area (Å²) in [6.45, 7) is 0.251. The van der Waals surface area contributed by atoms with Crippen molar-refractivity contribution in [3.05, 3.63) is 53.1 Å². The van der Waals surface area contributed by atoms with Crippen LogP contribution in [0.3, 0.4) is 0 Å². The molecular weight excluding hydrogens is 575 g/mol. The molecule has 1 aromatic carbocycles. The molecule has 1 atom stereocenters. The van der Waals surface area contributed by atoms with Crippen molar-refractivity contribution in [2.45, 2.75) is 54.3 Å². The maximum atomic E-state index is 13.2. The Hall–Kier alpha value is -3.01. The minimum Gasteiger partial charge on any atom is -0.494 e. The highest BCUT2D eigenvalue weighted by molar-refractivity contribution is 7.92. The topological polar surface area (TPSA) is 173 Å². The number of hydrogen-bond donors (Lipinski definition) is 2. The van der Waals surface area contributed by atoms with Gasteiger partial charge < -0.3 is 20.6 Å². The quantitative estimate of drug-likeness (QED) is 0.259. The maximum Gasteiger partial charge on any atom is 0.501 e. The van der Waals surface area contributed by atoms with Gasteiger partial charge in [-0.2, -0.15) is 13.2 Å². The molecule has 220 valence electrons. The number of nitrogens with two attached hydrogens (primary N) is 2. The van der Waals surface area contributed by atoms with Crippen LogP contribution in [0.25, 0.3) is 22.1 Å². The first kappa shape index (κ1) is 31.5. The van der Waals surface area contributed by atoms with Gasteiger partial charge in [0, 0.05) is 18.1 Å². The van der Waals surface area contributed by atoms with E-state index in [2.05, 4.69) is 4.98 Å². The lowest BCUT2D eigenvalue weighted by Crippen LogP contribution is -2.39. The Labute approximate surface area is 229 Å². The van der Waals surface area contributed by atoms with E-state index in [1.54, 1.807) is 12.1 Å². The van der Waals surface area contributed by atoms with Gasteiger partial charge in [-0.05, 0) is 36.6 Å². The zero-order valence-electron chi connectivity index (χ0n) is 21.4. The first-order valence-corrected chi connectivity index (χ1v) is 15.6. The average Bonchev–Trinajstić information content (AvgIpc) is 2.90. The molecule has 0 aliphatic heterocycles. The standard InChI is InChI=1S/C25H30F3N3O7S2/c26-25(27,28)40(35,36)22-16-31-15-21-20(22)13-19(24(32)38-21)17-8-7-9-18(12-17)37-10-5-3-1-2-4-6-11-39(33,34)23(30)14-29/h7-9,12-13,15-16,23H,1-6,10-11,14,29-30H2. The number of ether oxygens (including phenoxy) is 1. The molecule has 0 bridgehead atoms. The largest absolute Gasteiger partial charge is 0.501 e. The number of halogens is 3. The Balaban J connectivity index is 1.60. The first-order valence-electron chi connectivity index (χ1n) is 12.4. The molecule has 15 heteroatoms. The predicted octanol–water partition coefficient (Wildman–Crippen LogP) is 3.53. The zero-order chi connectivity index (χ0) is 29.6. The van der Waals surface area contributed by atoms with Crippen LogP contribution in [-0.2, 0) is 19.7 Å². The lowest BCUT2D eigenvalue weighted by molar-refractivity contribution is -0.0435. The Morgan fingerprint density at radius 1 is 0.975 bits per heavy atom. The van der Waals surface area contributed by atoms with E-state index in [4.69, 9.17) is 20.6 Å². The molecule has 1 unspecified atom stereocenters. The highest BCUT2D eigenvalue weighted by atomic mass is 32.2. The number of alkyl halides is 3. The number of pyridine rings is 1. The third-order valence-electron chi connectivity index (χ3n) is 6.15. The fourth-order valence-electron chi connectivity index (χ4n) is 3.91. The van der Waals surface area contributed by atoms with Gasteiger partial charge in [-0.1, -0.05) is 37.8 Å². The molecule has 0 saturated heterocycles. The van der Waals surface area contributed by atoms with Gasteiger partial charge in [-0.25, -0.2) is 21.6 Å². The van der Waals surface area contributed by atoms with Crippen LogP contribution in [-0.4, -0.2) is 51.6 Å². The van der Waals surface area contributed by atoms with Crippen LogP contribution < -0.4 is 21.8 Å². The van der Waals surface area contributed by atoms with Crippen LogP contribution in [0, 0.1) is 0 Å². The molecule has 0 radical (unpaired) electrons. The number of sulfone groups is 2. The Morgan fingerprint density at radius 2 is 1.65 bits per heavy atom. The summed E-state index contributed by atoms with van der Waals surface area (Å²) < 4.78 is 98.1. The van der Waals surface area contributed by atoms with E-state index in [9.17, 15) is 34.8 Å². The second-order valence-electron chi connectivity index (χ2n) is 9.08. The lowest BCUT2D eigenvalue weighted by atomic mass is 10.1. The molecule has 0 fully saturated rings. The molecule has 0 aliphatic carbocycles. The molecule has 0 spiro atoms. The van der Waals surface area contributed by atoms with Crippen LogP contribution in [0.5, 0.6) is 5.75 Å². The monoisotopic (exact) mass is 605 g/mol. The maximum absolute atomic E-state index is 13.2. The molecule has 10 nitrogen and oxygen atoms in total. The van der Waals surface area contributed by atoms with Gasteiger partial charge in [-0.3, -0.25) is 4.98 Å². The normalized spacial score (nSPS) is 13.4. The van der Waals surface area contributed by atoms with Crippen LogP contribution >= 0.6 is 0 Å². The Morgan fingerprint density at radius 3 is 2.33 bits per heavy atom. The average molecular weight is 606 g/mol. The van der Waals surface area contributed by atoms with Crippen molar-refractivity contribution in [1.82, 2.24) is 4.98 Å². The van der Waals surface area contributed by atoms with Crippen LogP contribution in [0.15, 0.2) is 56.8 Å². The molecule has 0 aliphatic rings. The minimum atomic E-state index is -5.75. The van der Waals surface area contributed by atoms with E-state index in [1.165, 1.54) is 12.1 Å². The zero-order valence-corrected chi connectivity index (χ0v) is 23.0. The van der Waals surface area contributed by atoms with Crippen molar-refractivity contribution < 1.29 is 39.2 Å². The van der Waals surface area contributed by atoms with Crippen molar-refractivity contribution in [1.29, 1.82) is 0 Å². The summed E-state index contributed by atoms with van der Waals surface area (Å²) in [5.74, 6) is 0.410. The Kier molecular flexibility index (Phi) is 10.3. The van der Waals surface area contributed by atoms with Crippen molar-refractivity contribution in [2.24, 2.45) is 11.5 Å². The number of unbranched alkanes of at least 4 members (excludes halogenated alkanes) is 5. The molecule has 2 aromatic heterocycles. The number of hydrogen-bond acceptors (Lipinski definition) is 10. The smallest absolute Gasteiger partial charge is 0.494 e. The summed E-state index contributed by atoms with van der Waals surface area (Å²) in [6, 6.07) is 7.28. The van der Waals surface area contributed by atoms with Gasteiger partial charge in [0.2, 0.25) is 0 Å². The summed E-state index contributed by atoms with van der Waals surface area (Å²) >= 11 is 0. The number of fused-ring (bicyclic) bond motifs is 1. The summed E-state index contributed by atoms with van der Waals surface area (Å²) in [6.07, 6.45) is 6.07. The molecule has 4 N–H and O–H groups in total. The summed E-state index contributed by atoms with van der Waals surface area (Å²) in [7, 11) is -9.11. The second-order valence-corrected chi connectivity index (χ2v) is 13.3. The third-order valence-corrected chi connectivity index (χ3v) is 9.64. The van der Waals surface area contributed by atoms with E-state index in [0.29, 0.717) is 31.4 Å². The van der Waals surface area contributed by atoms with Gasteiger partial charge in [0.1, 0.15) is 16.0 Å². The summed E-state index contributed by atoms with van der Waals surface area (Å²) in [5, 5.41) is -1.45. The van der Waals surface area contributed by atoms with Gasteiger partial charge in [0.05, 0.1) is 24.1 Å².